The minimum Gasteiger partial charge on any atom is -0.493 e. The van der Waals surface area contributed by atoms with Gasteiger partial charge in [0.2, 0.25) is 5.65 Å². The molecule has 0 aliphatic rings. The van der Waals surface area contributed by atoms with Crippen molar-refractivity contribution in [2.75, 3.05) is 11.9 Å². The molecule has 0 spiro atoms. The van der Waals surface area contributed by atoms with Crippen LogP contribution in [0.3, 0.4) is 0 Å². The molecule has 0 fully saturated rings. The zero-order valence-corrected chi connectivity index (χ0v) is 18.9. The molecular weight excluding hydrogens is 460 g/mol. The van der Waals surface area contributed by atoms with E-state index in [1.807, 2.05) is 30.3 Å². The predicted molar refractivity (Wildman–Crippen MR) is 134 cm³/mol. The minimum absolute atomic E-state index is 0.129. The third kappa shape index (κ3) is 5.17. The third-order valence-corrected chi connectivity index (χ3v) is 5.48. The van der Waals surface area contributed by atoms with Crippen LogP contribution in [0.15, 0.2) is 84.9 Å². The maximum atomic E-state index is 12.9. The number of nitrogens with zero attached hydrogens (tertiary/aromatic N) is 4. The van der Waals surface area contributed by atoms with Gasteiger partial charge in [-0.05, 0) is 48.0 Å². The normalized spacial score (nSPS) is 10.8. The van der Waals surface area contributed by atoms with E-state index < -0.39 is 10.8 Å². The van der Waals surface area contributed by atoms with Gasteiger partial charge in [-0.25, -0.2) is 4.98 Å². The molecule has 0 saturated carbocycles. The molecule has 0 unspecified atom stereocenters. The van der Waals surface area contributed by atoms with E-state index in [1.165, 1.54) is 17.7 Å². The van der Waals surface area contributed by atoms with E-state index in [9.17, 15) is 14.9 Å². The molecule has 2 heterocycles. The number of aromatic amines is 1. The van der Waals surface area contributed by atoms with Gasteiger partial charge in [-0.1, -0.05) is 30.3 Å². The van der Waals surface area contributed by atoms with Gasteiger partial charge in [0, 0.05) is 35.4 Å². The van der Waals surface area contributed by atoms with Crippen molar-refractivity contribution < 1.29 is 14.5 Å². The van der Waals surface area contributed by atoms with E-state index in [1.54, 1.807) is 42.5 Å². The first-order chi connectivity index (χ1) is 17.5. The van der Waals surface area contributed by atoms with Crippen molar-refractivity contribution in [3.05, 3.63) is 106 Å². The Balaban J connectivity index is 1.29. The number of pyridine rings is 1. The first-order valence-electron chi connectivity index (χ1n) is 11.1. The molecule has 0 aliphatic carbocycles. The number of nitrogens with one attached hydrogen (secondary N) is 2. The van der Waals surface area contributed by atoms with Crippen molar-refractivity contribution in [3.8, 4) is 17.0 Å². The number of carbonyl (C=O) groups is 1. The van der Waals surface area contributed by atoms with Crippen LogP contribution in [-0.2, 0) is 6.42 Å². The topological polar surface area (TPSA) is 136 Å². The molecule has 10 nitrogen and oxygen atoms in total. The van der Waals surface area contributed by atoms with Crippen LogP contribution in [0.25, 0.3) is 22.4 Å². The summed E-state index contributed by atoms with van der Waals surface area (Å²) in [6.45, 7) is 0.528. The molecule has 36 heavy (non-hydrogen) atoms. The second kappa shape index (κ2) is 10.0. The molecule has 10 heteroatoms. The van der Waals surface area contributed by atoms with Crippen molar-refractivity contribution >= 4 is 28.4 Å². The number of nitro benzene ring substituents is 1. The van der Waals surface area contributed by atoms with Crippen molar-refractivity contribution in [1.82, 2.24) is 20.4 Å². The van der Waals surface area contributed by atoms with Gasteiger partial charge in [-0.3, -0.25) is 14.9 Å². The number of hydrogen-bond donors (Lipinski definition) is 2. The van der Waals surface area contributed by atoms with Gasteiger partial charge in [0.1, 0.15) is 11.3 Å². The van der Waals surface area contributed by atoms with Crippen LogP contribution >= 0.6 is 0 Å². The smallest absolute Gasteiger partial charge is 0.270 e. The molecule has 5 rings (SSSR count). The summed E-state index contributed by atoms with van der Waals surface area (Å²) in [4.78, 5) is 28.3. The van der Waals surface area contributed by atoms with Crippen molar-refractivity contribution in [3.63, 3.8) is 0 Å². The van der Waals surface area contributed by atoms with Gasteiger partial charge in [-0.15, -0.1) is 5.10 Å². The van der Waals surface area contributed by atoms with Crippen LogP contribution in [0.5, 0.6) is 5.75 Å². The molecule has 0 atom stereocenters. The van der Waals surface area contributed by atoms with Gasteiger partial charge in [0.05, 0.1) is 17.2 Å². The summed E-state index contributed by atoms with van der Waals surface area (Å²) in [5.74, 6) is 0.191. The minimum atomic E-state index is -0.545. The number of benzene rings is 3. The lowest BCUT2D eigenvalue weighted by Gasteiger charge is -2.09. The van der Waals surface area contributed by atoms with Gasteiger partial charge < -0.3 is 10.1 Å². The van der Waals surface area contributed by atoms with Gasteiger partial charge in [0.25, 0.3) is 11.6 Å². The summed E-state index contributed by atoms with van der Waals surface area (Å²) in [7, 11) is 0. The second-order valence-electron chi connectivity index (χ2n) is 7.95. The fraction of sp³-hybridized carbons (Fsp3) is 0.0769. The van der Waals surface area contributed by atoms with Crippen molar-refractivity contribution in [1.29, 1.82) is 0 Å². The van der Waals surface area contributed by atoms with Gasteiger partial charge >= 0.3 is 0 Å². The first-order valence-corrected chi connectivity index (χ1v) is 11.1. The van der Waals surface area contributed by atoms with Crippen LogP contribution < -0.4 is 10.1 Å². The Morgan fingerprint density at radius 1 is 0.972 bits per heavy atom. The average Bonchev–Trinajstić information content (AvgIpc) is 3.38. The van der Waals surface area contributed by atoms with Crippen LogP contribution in [-0.4, -0.2) is 37.8 Å². The quantitative estimate of drug-likeness (QED) is 0.240. The molecular formula is C26H20N6O4. The number of ether oxygens (including phenoxy) is 1. The highest BCUT2D eigenvalue weighted by Gasteiger charge is 2.17. The summed E-state index contributed by atoms with van der Waals surface area (Å²) in [5, 5.41) is 24.7. The zero-order chi connectivity index (χ0) is 24.9. The van der Waals surface area contributed by atoms with Gasteiger partial charge in [-0.2, -0.15) is 10.3 Å². The number of carbonyl (C=O) groups excluding carboxylic acids is 1. The summed E-state index contributed by atoms with van der Waals surface area (Å²) < 4.78 is 5.78. The number of non-ortho nitro benzene ring substituents is 1. The number of nitro groups is 1. The highest BCUT2D eigenvalue weighted by molar-refractivity contribution is 6.05. The SMILES string of the molecule is O=C(Nc1ccc(OCCc2ccccc2)cc1)c1cc(-c2ccc3n[nH]nc3n2)cc([N+](=O)[O-])c1. The standard InChI is InChI=1S/C26H20N6O4/c33-26(27-20-6-8-22(9-7-20)36-13-12-17-4-2-1-3-5-17)19-14-18(15-21(16-19)32(34)35)23-10-11-24-25(28-23)30-31-29-24/h1-11,14-16H,12-13H2,(H,27,33)(H,28,29,30,31). The maximum absolute atomic E-state index is 12.9. The highest BCUT2D eigenvalue weighted by Crippen LogP contribution is 2.27. The summed E-state index contributed by atoms with van der Waals surface area (Å²) in [6.07, 6.45) is 0.785. The Hall–Kier alpha value is -5.12. The predicted octanol–water partition coefficient (Wildman–Crippen LogP) is 4.80. The largest absolute Gasteiger partial charge is 0.493 e. The van der Waals surface area contributed by atoms with E-state index in [0.29, 0.717) is 40.5 Å². The zero-order valence-electron chi connectivity index (χ0n) is 18.9. The second-order valence-corrected chi connectivity index (χ2v) is 7.95. The van der Waals surface area contributed by atoms with Crippen molar-refractivity contribution in [2.45, 2.75) is 6.42 Å². The molecule has 0 aliphatic heterocycles. The van der Waals surface area contributed by atoms with Crippen LogP contribution in [0.1, 0.15) is 15.9 Å². The maximum Gasteiger partial charge on any atom is 0.270 e. The van der Waals surface area contributed by atoms with E-state index in [0.717, 1.165) is 6.42 Å². The van der Waals surface area contributed by atoms with E-state index in [-0.39, 0.29) is 11.3 Å². The Kier molecular flexibility index (Phi) is 6.31. The molecule has 5 aromatic rings. The molecule has 2 N–H and O–H groups in total. The Morgan fingerprint density at radius 2 is 1.78 bits per heavy atom. The fourth-order valence-corrected chi connectivity index (χ4v) is 3.66. The number of anilines is 1. The first kappa shape index (κ1) is 22.7. The van der Waals surface area contributed by atoms with Gasteiger partial charge in [0.15, 0.2) is 0 Å². The number of H-pyrrole nitrogens is 1. The Morgan fingerprint density at radius 3 is 2.56 bits per heavy atom. The lowest BCUT2D eigenvalue weighted by Crippen LogP contribution is -2.12. The van der Waals surface area contributed by atoms with Crippen LogP contribution in [0.2, 0.25) is 0 Å². The van der Waals surface area contributed by atoms with Crippen LogP contribution in [0, 0.1) is 10.1 Å². The highest BCUT2D eigenvalue weighted by atomic mass is 16.6. The summed E-state index contributed by atoms with van der Waals surface area (Å²) in [5.41, 5.74) is 3.42. The van der Waals surface area contributed by atoms with E-state index in [4.69, 9.17) is 4.74 Å². The number of aromatic nitrogens is 4. The number of amides is 1. The molecule has 3 aromatic carbocycles. The Bertz CT molecular complexity index is 1530. The van der Waals surface area contributed by atoms with Crippen molar-refractivity contribution in [2.24, 2.45) is 0 Å². The molecule has 0 saturated heterocycles. The lowest BCUT2D eigenvalue weighted by atomic mass is 10.1. The molecule has 178 valence electrons. The summed E-state index contributed by atoms with van der Waals surface area (Å²) >= 11 is 0. The number of rotatable bonds is 8. The average molecular weight is 480 g/mol. The molecule has 0 bridgehead atoms. The fourth-order valence-electron chi connectivity index (χ4n) is 3.66. The van der Waals surface area contributed by atoms with Crippen LogP contribution in [0.4, 0.5) is 11.4 Å². The molecule has 1 amide bonds. The Labute approximate surface area is 205 Å². The third-order valence-electron chi connectivity index (χ3n) is 5.48. The lowest BCUT2D eigenvalue weighted by molar-refractivity contribution is -0.384. The van der Waals surface area contributed by atoms with E-state index >= 15 is 0 Å². The molecule has 0 radical (unpaired) electrons. The summed E-state index contributed by atoms with van der Waals surface area (Å²) in [6, 6.07) is 24.5. The number of hydrogen-bond acceptors (Lipinski definition) is 7. The number of fused-ring (bicyclic) bond motifs is 1. The van der Waals surface area contributed by atoms with E-state index in [2.05, 4.69) is 25.7 Å². The monoisotopic (exact) mass is 480 g/mol. The molecule has 2 aromatic heterocycles.